The molecule has 0 rings (SSSR count). The molecule has 0 unspecified atom stereocenters. The molecule has 80 valence electrons. The summed E-state index contributed by atoms with van der Waals surface area (Å²) < 4.78 is 0. The van der Waals surface area contributed by atoms with Crippen molar-refractivity contribution in [3.05, 3.63) is 0 Å². The normalized spacial score (nSPS) is 7.54. The molecule has 0 saturated heterocycles. The maximum absolute atomic E-state index is 9.39. The second-order valence-electron chi connectivity index (χ2n) is 1.41. The highest BCUT2D eigenvalue weighted by molar-refractivity contribution is 5.85. The highest BCUT2D eigenvalue weighted by Gasteiger charge is 1.89. The fourth-order valence-corrected chi connectivity index (χ4v) is 0.143. The number of carbonyl (C=O) groups is 2. The van der Waals surface area contributed by atoms with Crippen molar-refractivity contribution in [3.8, 4) is 0 Å². The van der Waals surface area contributed by atoms with Gasteiger partial charge in [-0.25, -0.2) is 21.4 Å². The lowest BCUT2D eigenvalue weighted by atomic mass is 10.8. The van der Waals surface area contributed by atoms with Gasteiger partial charge in [-0.05, 0) is 0 Å². The average Bonchev–Trinajstić information content (AvgIpc) is 1.87. The fourth-order valence-electron chi connectivity index (χ4n) is 0.143. The van der Waals surface area contributed by atoms with Gasteiger partial charge in [0, 0.05) is 0 Å². The minimum atomic E-state index is -1.06. The largest absolute Gasteiger partial charge is 0.479 e. The summed E-state index contributed by atoms with van der Waals surface area (Å²) in [6, 6.07) is 0. The monoisotopic (exact) mass is 218 g/mol. The van der Waals surface area contributed by atoms with Gasteiger partial charge >= 0.3 is 11.9 Å². The summed E-state index contributed by atoms with van der Waals surface area (Å²) in [7, 11) is 0. The highest BCUT2D eigenvalue weighted by Crippen LogP contribution is 1.58. The third-order valence-electron chi connectivity index (χ3n) is 0.414. The van der Waals surface area contributed by atoms with Crippen LogP contribution >= 0.6 is 12.4 Å². The number of nitrogens with two attached hydrogens (primary N) is 2. The Bertz CT molecular complexity index is 127. The lowest BCUT2D eigenvalue weighted by molar-refractivity contribution is -0.143. The zero-order chi connectivity index (χ0) is 9.98. The van der Waals surface area contributed by atoms with Gasteiger partial charge in [0.05, 0.1) is 0 Å². The first-order chi connectivity index (χ1) is 5.54. The van der Waals surface area contributed by atoms with Gasteiger partial charge in [0.15, 0.2) is 13.2 Å². The first-order valence-electron chi connectivity index (χ1n) is 2.61. The van der Waals surface area contributed by atoms with Gasteiger partial charge < -0.3 is 10.2 Å². The first kappa shape index (κ1) is 18.0. The second-order valence-corrected chi connectivity index (χ2v) is 1.41. The van der Waals surface area contributed by atoms with Crippen LogP contribution in [0, 0.1) is 0 Å². The Hall–Kier alpha value is -0.930. The topological polar surface area (TPSA) is 145 Å². The summed E-state index contributed by atoms with van der Waals surface area (Å²) in [5, 5.41) is 15.4. The molecule has 13 heavy (non-hydrogen) atoms. The number of hydrogen-bond acceptors (Lipinski definition) is 6. The number of carboxylic acids is 2. The maximum Gasteiger partial charge on any atom is 0.331 e. The van der Waals surface area contributed by atoms with Crippen molar-refractivity contribution in [2.45, 2.75) is 0 Å². The van der Waals surface area contributed by atoms with Gasteiger partial charge in [0.1, 0.15) is 0 Å². The lowest BCUT2D eigenvalue weighted by Crippen LogP contribution is -2.10. The Labute approximate surface area is 79.7 Å². The van der Waals surface area contributed by atoms with Crippen molar-refractivity contribution in [2.24, 2.45) is 11.8 Å². The van der Waals surface area contributed by atoms with Gasteiger partial charge in [0.2, 0.25) is 0 Å². The summed E-state index contributed by atoms with van der Waals surface area (Å²) >= 11 is 0. The van der Waals surface area contributed by atoms with E-state index in [0.29, 0.717) is 0 Å². The van der Waals surface area contributed by atoms with E-state index in [1.807, 2.05) is 0 Å². The summed E-state index contributed by atoms with van der Waals surface area (Å²) in [5.74, 6) is 6.58. The van der Waals surface area contributed by atoms with Crippen molar-refractivity contribution < 1.29 is 29.5 Å². The third-order valence-corrected chi connectivity index (χ3v) is 0.414. The van der Waals surface area contributed by atoms with Gasteiger partial charge in [-0.3, -0.25) is 9.68 Å². The molecule has 0 aromatic heterocycles. The molecule has 0 fully saturated rings. The summed E-state index contributed by atoms with van der Waals surface area (Å²) in [6.07, 6.45) is 0. The number of halogens is 1. The molecular weight excluding hydrogens is 208 g/mol. The number of aliphatic carboxylic acids is 2. The zero-order valence-corrected chi connectivity index (χ0v) is 7.32. The molecule has 8 nitrogen and oxygen atoms in total. The van der Waals surface area contributed by atoms with E-state index in [9.17, 15) is 9.59 Å². The van der Waals surface area contributed by atoms with Crippen molar-refractivity contribution in [1.29, 1.82) is 0 Å². The van der Waals surface area contributed by atoms with Crippen molar-refractivity contribution in [1.82, 2.24) is 0 Å². The Morgan fingerprint density at radius 2 is 1.23 bits per heavy atom. The molecule has 6 N–H and O–H groups in total. The molecule has 0 atom stereocenters. The minimum Gasteiger partial charge on any atom is -0.479 e. The molecule has 0 aliphatic carbocycles. The van der Waals surface area contributed by atoms with Crippen molar-refractivity contribution in [3.63, 3.8) is 0 Å². The van der Waals surface area contributed by atoms with Gasteiger partial charge in [0.25, 0.3) is 0 Å². The summed E-state index contributed by atoms with van der Waals surface area (Å²) in [6.45, 7) is -0.861. The minimum absolute atomic E-state index is 0. The van der Waals surface area contributed by atoms with Crippen LogP contribution in [-0.2, 0) is 19.3 Å². The smallest absolute Gasteiger partial charge is 0.331 e. The van der Waals surface area contributed by atoms with Crippen LogP contribution in [0.25, 0.3) is 0 Å². The third kappa shape index (κ3) is 35.4. The molecule has 9 heteroatoms. The van der Waals surface area contributed by atoms with Crippen molar-refractivity contribution in [2.75, 3.05) is 13.2 Å². The second kappa shape index (κ2) is 13.6. The van der Waals surface area contributed by atoms with Crippen LogP contribution in [0.4, 0.5) is 0 Å². The highest BCUT2D eigenvalue weighted by atomic mass is 35.5. The van der Waals surface area contributed by atoms with Gasteiger partial charge in [-0.2, -0.15) is 0 Å². The van der Waals surface area contributed by atoms with Crippen molar-refractivity contribution >= 4 is 24.3 Å². The predicted molar refractivity (Wildman–Crippen MR) is 42.8 cm³/mol. The fraction of sp³-hybridized carbons (Fsp3) is 0.500. The van der Waals surface area contributed by atoms with Gasteiger partial charge in [-0.1, -0.05) is 0 Å². The van der Waals surface area contributed by atoms with E-state index < -0.39 is 25.2 Å². The van der Waals surface area contributed by atoms with Crippen LogP contribution in [-0.4, -0.2) is 35.4 Å². The van der Waals surface area contributed by atoms with Crippen LogP contribution < -0.4 is 11.8 Å². The van der Waals surface area contributed by atoms with Gasteiger partial charge in [-0.15, -0.1) is 12.4 Å². The Morgan fingerprint density at radius 3 is 1.23 bits per heavy atom. The Kier molecular flexibility index (Phi) is 18.9. The van der Waals surface area contributed by atoms with E-state index in [-0.39, 0.29) is 12.4 Å². The number of rotatable bonds is 4. The van der Waals surface area contributed by atoms with Crippen LogP contribution in [0.3, 0.4) is 0 Å². The van der Waals surface area contributed by atoms with E-state index in [2.05, 4.69) is 21.5 Å². The van der Waals surface area contributed by atoms with Crippen LogP contribution in [0.2, 0.25) is 0 Å². The molecule has 0 aliphatic heterocycles. The molecule has 0 radical (unpaired) electrons. The standard InChI is InChI=1S/2C2H5NO3.ClH/c2*3-6-1-2(4)5;/h2*1,3H2,(H,4,5);1H. The lowest BCUT2D eigenvalue weighted by Gasteiger charge is -1.83. The summed E-state index contributed by atoms with van der Waals surface area (Å²) in [5.41, 5.74) is 0. The molecule has 0 spiro atoms. The van der Waals surface area contributed by atoms with E-state index in [1.54, 1.807) is 0 Å². The van der Waals surface area contributed by atoms with Crippen LogP contribution in [0.15, 0.2) is 0 Å². The van der Waals surface area contributed by atoms with E-state index in [4.69, 9.17) is 10.2 Å². The first-order valence-corrected chi connectivity index (χ1v) is 2.61. The molecule has 0 saturated carbocycles. The van der Waals surface area contributed by atoms with E-state index >= 15 is 0 Å². The van der Waals surface area contributed by atoms with Crippen LogP contribution in [0.1, 0.15) is 0 Å². The van der Waals surface area contributed by atoms with E-state index in [0.717, 1.165) is 0 Å². The van der Waals surface area contributed by atoms with E-state index in [1.165, 1.54) is 0 Å². The molecular formula is C4H11ClN2O6. The number of hydrogen-bond donors (Lipinski definition) is 4. The van der Waals surface area contributed by atoms with Crippen LogP contribution in [0.5, 0.6) is 0 Å². The SMILES string of the molecule is Cl.NOCC(=O)O.NOCC(=O)O. The molecule has 0 amide bonds. The molecule has 0 aromatic carbocycles. The summed E-state index contributed by atoms with van der Waals surface area (Å²) in [4.78, 5) is 26.2. The molecule has 0 aromatic rings. The maximum atomic E-state index is 9.39. The average molecular weight is 219 g/mol. The Morgan fingerprint density at radius 1 is 1.00 bits per heavy atom. The molecule has 0 heterocycles. The molecule has 0 aliphatic rings. The zero-order valence-electron chi connectivity index (χ0n) is 6.50. The number of carboxylic acid groups (broad SMARTS) is 2. The predicted octanol–water partition coefficient (Wildman–Crippen LogP) is -1.66. The quantitative estimate of drug-likeness (QED) is 0.411. The Balaban J connectivity index is -0.000000143. The molecule has 0 bridgehead atoms.